The number of hydrogen-bond acceptors (Lipinski definition) is 2. The lowest BCUT2D eigenvalue weighted by Crippen LogP contribution is -2.53. The van der Waals surface area contributed by atoms with Crippen LogP contribution in [0.4, 0.5) is 4.79 Å². The van der Waals surface area contributed by atoms with Gasteiger partial charge in [-0.05, 0) is 12.1 Å². The van der Waals surface area contributed by atoms with Crippen molar-refractivity contribution < 1.29 is 9.59 Å². The molecule has 0 bridgehead atoms. The summed E-state index contributed by atoms with van der Waals surface area (Å²) in [6, 6.07) is 9.40. The highest BCUT2D eigenvalue weighted by molar-refractivity contribution is 5.94. The highest BCUT2D eigenvalue weighted by Crippen LogP contribution is 2.16. The van der Waals surface area contributed by atoms with Crippen LogP contribution >= 0.6 is 0 Å². The number of carbonyl (C=O) groups excluding carboxylic acids is 2. The molecule has 0 aliphatic carbocycles. The topological polar surface area (TPSA) is 52.7 Å². The van der Waals surface area contributed by atoms with E-state index in [1.54, 1.807) is 0 Å². The molecular formula is C13H15N3O2. The van der Waals surface area contributed by atoms with Crippen LogP contribution in [0.25, 0.3) is 0 Å². The van der Waals surface area contributed by atoms with Gasteiger partial charge in [0.25, 0.3) is 5.91 Å². The lowest BCUT2D eigenvalue weighted by molar-refractivity contribution is 0.0617. The van der Waals surface area contributed by atoms with E-state index in [1.165, 1.54) is 0 Å². The minimum Gasteiger partial charge on any atom is -0.336 e. The molecule has 0 radical (unpaired) electrons. The first-order valence-electron chi connectivity index (χ1n) is 6.14. The van der Waals surface area contributed by atoms with E-state index in [4.69, 9.17) is 0 Å². The van der Waals surface area contributed by atoms with Crippen LogP contribution in [-0.2, 0) is 0 Å². The maximum absolute atomic E-state index is 12.3. The summed E-state index contributed by atoms with van der Waals surface area (Å²) < 4.78 is 0. The number of amides is 3. The zero-order chi connectivity index (χ0) is 12.5. The SMILES string of the molecule is O=C(c1ccccc1)N1CCN2C(=O)NC[C@H]2C1. The summed E-state index contributed by atoms with van der Waals surface area (Å²) in [5, 5.41) is 2.81. The fraction of sp³-hybridized carbons (Fsp3) is 0.385. The van der Waals surface area contributed by atoms with Crippen molar-refractivity contribution in [3.05, 3.63) is 35.9 Å². The number of piperazine rings is 1. The number of carbonyl (C=O) groups is 2. The second-order valence-electron chi connectivity index (χ2n) is 4.65. The summed E-state index contributed by atoms with van der Waals surface area (Å²) in [4.78, 5) is 27.4. The van der Waals surface area contributed by atoms with Crippen LogP contribution in [0.3, 0.4) is 0 Å². The lowest BCUT2D eigenvalue weighted by Gasteiger charge is -2.36. The first-order valence-corrected chi connectivity index (χ1v) is 6.14. The van der Waals surface area contributed by atoms with Crippen LogP contribution in [0, 0.1) is 0 Å². The molecule has 2 aliphatic heterocycles. The molecule has 3 rings (SSSR count). The summed E-state index contributed by atoms with van der Waals surface area (Å²) in [7, 11) is 0. The molecule has 2 heterocycles. The van der Waals surface area contributed by atoms with Crippen LogP contribution in [0.2, 0.25) is 0 Å². The Kier molecular flexibility index (Phi) is 2.66. The number of rotatable bonds is 1. The number of urea groups is 1. The Morgan fingerprint density at radius 1 is 1.22 bits per heavy atom. The second-order valence-corrected chi connectivity index (χ2v) is 4.65. The van der Waals surface area contributed by atoms with Crippen molar-refractivity contribution in [2.24, 2.45) is 0 Å². The van der Waals surface area contributed by atoms with Gasteiger partial charge in [0.05, 0.1) is 6.04 Å². The van der Waals surface area contributed by atoms with Crippen molar-refractivity contribution in [3.63, 3.8) is 0 Å². The average molecular weight is 245 g/mol. The fourth-order valence-electron chi connectivity index (χ4n) is 2.55. The molecule has 1 aromatic rings. The second kappa shape index (κ2) is 4.33. The van der Waals surface area contributed by atoms with Crippen LogP contribution in [0.5, 0.6) is 0 Å². The first-order chi connectivity index (χ1) is 8.75. The van der Waals surface area contributed by atoms with Gasteiger partial charge in [-0.3, -0.25) is 4.79 Å². The smallest absolute Gasteiger partial charge is 0.317 e. The number of benzene rings is 1. The van der Waals surface area contributed by atoms with Gasteiger partial charge in [-0.15, -0.1) is 0 Å². The highest BCUT2D eigenvalue weighted by Gasteiger charge is 2.36. The molecular weight excluding hydrogens is 230 g/mol. The molecule has 1 N–H and O–H groups in total. The molecule has 0 aromatic heterocycles. The number of nitrogens with one attached hydrogen (secondary N) is 1. The van der Waals surface area contributed by atoms with Crippen molar-refractivity contribution in [2.75, 3.05) is 26.2 Å². The van der Waals surface area contributed by atoms with E-state index < -0.39 is 0 Å². The van der Waals surface area contributed by atoms with E-state index in [2.05, 4.69) is 5.32 Å². The van der Waals surface area contributed by atoms with Gasteiger partial charge in [0.15, 0.2) is 0 Å². The lowest BCUT2D eigenvalue weighted by atomic mass is 10.1. The summed E-state index contributed by atoms with van der Waals surface area (Å²) in [6.45, 7) is 2.48. The van der Waals surface area contributed by atoms with Gasteiger partial charge >= 0.3 is 6.03 Å². The van der Waals surface area contributed by atoms with Crippen molar-refractivity contribution >= 4 is 11.9 Å². The molecule has 1 atom stereocenters. The third kappa shape index (κ3) is 1.81. The predicted molar refractivity (Wildman–Crippen MR) is 66.2 cm³/mol. The van der Waals surface area contributed by atoms with Gasteiger partial charge < -0.3 is 15.1 Å². The van der Waals surface area contributed by atoms with E-state index >= 15 is 0 Å². The largest absolute Gasteiger partial charge is 0.336 e. The van der Waals surface area contributed by atoms with E-state index in [0.717, 1.165) is 0 Å². The molecule has 5 heteroatoms. The van der Waals surface area contributed by atoms with Gasteiger partial charge in [0.1, 0.15) is 0 Å². The Hall–Kier alpha value is -2.04. The van der Waals surface area contributed by atoms with Crippen molar-refractivity contribution in [3.8, 4) is 0 Å². The molecule has 18 heavy (non-hydrogen) atoms. The maximum Gasteiger partial charge on any atom is 0.317 e. The predicted octanol–water partition coefficient (Wildman–Crippen LogP) is 0.536. The van der Waals surface area contributed by atoms with Gasteiger partial charge in [0.2, 0.25) is 0 Å². The van der Waals surface area contributed by atoms with Crippen molar-refractivity contribution in [1.82, 2.24) is 15.1 Å². The molecule has 0 saturated carbocycles. The quantitative estimate of drug-likeness (QED) is 0.785. The minimum absolute atomic E-state index is 0.00758. The molecule has 2 fully saturated rings. The highest BCUT2D eigenvalue weighted by atomic mass is 16.2. The third-order valence-electron chi connectivity index (χ3n) is 3.54. The normalized spacial score (nSPS) is 22.7. The average Bonchev–Trinajstić information content (AvgIpc) is 2.80. The van der Waals surface area contributed by atoms with E-state index in [9.17, 15) is 9.59 Å². The zero-order valence-corrected chi connectivity index (χ0v) is 10.0. The Balaban J connectivity index is 1.72. The number of hydrogen-bond donors (Lipinski definition) is 1. The van der Waals surface area contributed by atoms with E-state index in [-0.39, 0.29) is 18.0 Å². The zero-order valence-electron chi connectivity index (χ0n) is 10.0. The molecule has 0 unspecified atom stereocenters. The maximum atomic E-state index is 12.3. The molecule has 1 aromatic carbocycles. The molecule has 2 aliphatic rings. The van der Waals surface area contributed by atoms with Crippen LogP contribution in [0.15, 0.2) is 30.3 Å². The Bertz CT molecular complexity index is 474. The van der Waals surface area contributed by atoms with E-state index in [1.807, 2.05) is 40.1 Å². The van der Waals surface area contributed by atoms with Gasteiger partial charge in [-0.1, -0.05) is 18.2 Å². The van der Waals surface area contributed by atoms with Crippen molar-refractivity contribution in [1.29, 1.82) is 0 Å². The monoisotopic (exact) mass is 245 g/mol. The Labute approximate surface area is 105 Å². The third-order valence-corrected chi connectivity index (χ3v) is 3.54. The molecule has 0 spiro atoms. The van der Waals surface area contributed by atoms with Crippen LogP contribution < -0.4 is 5.32 Å². The molecule has 5 nitrogen and oxygen atoms in total. The summed E-state index contributed by atoms with van der Waals surface area (Å²) >= 11 is 0. The standard InChI is InChI=1S/C13H15N3O2/c17-12(10-4-2-1-3-5-10)15-6-7-16-11(9-15)8-14-13(16)18/h1-5,11H,6-9H2,(H,14,18)/t11-/m0/s1. The molecule has 3 amide bonds. The number of fused-ring (bicyclic) bond motifs is 1. The van der Waals surface area contributed by atoms with Crippen molar-refractivity contribution in [2.45, 2.75) is 6.04 Å². The van der Waals surface area contributed by atoms with Crippen LogP contribution in [0.1, 0.15) is 10.4 Å². The fourth-order valence-corrected chi connectivity index (χ4v) is 2.55. The van der Waals surface area contributed by atoms with Gasteiger partial charge in [0, 0.05) is 31.7 Å². The summed E-state index contributed by atoms with van der Waals surface area (Å²) in [6.07, 6.45) is 0. The summed E-state index contributed by atoms with van der Waals surface area (Å²) in [5.74, 6) is 0.0506. The number of nitrogens with zero attached hydrogens (tertiary/aromatic N) is 2. The molecule has 2 saturated heterocycles. The minimum atomic E-state index is -0.00758. The van der Waals surface area contributed by atoms with Gasteiger partial charge in [-0.2, -0.15) is 0 Å². The Morgan fingerprint density at radius 3 is 2.78 bits per heavy atom. The van der Waals surface area contributed by atoms with Crippen LogP contribution in [-0.4, -0.2) is 54.0 Å². The first kappa shape index (κ1) is 11.1. The summed E-state index contributed by atoms with van der Waals surface area (Å²) in [5.41, 5.74) is 0.711. The Morgan fingerprint density at radius 2 is 2.00 bits per heavy atom. The van der Waals surface area contributed by atoms with E-state index in [0.29, 0.717) is 31.7 Å². The van der Waals surface area contributed by atoms with Gasteiger partial charge in [-0.25, -0.2) is 4.79 Å². The molecule has 94 valence electrons.